The molecule has 0 bridgehead atoms. The van der Waals surface area contributed by atoms with E-state index in [4.69, 9.17) is 20.6 Å². The lowest BCUT2D eigenvalue weighted by atomic mass is 10.0. The van der Waals surface area contributed by atoms with E-state index in [9.17, 15) is 27.6 Å². The number of aromatic amines is 1. The smallest absolute Gasteiger partial charge is 0.423 e. The van der Waals surface area contributed by atoms with E-state index in [1.165, 1.54) is 135 Å². The number of nitrogens with one attached hydrogen (secondary N) is 1. The minimum atomic E-state index is -4.96. The first-order valence-electron chi connectivity index (χ1n) is 20.5. The predicted molar refractivity (Wildman–Crippen MR) is 200 cm³/mol. The van der Waals surface area contributed by atoms with Gasteiger partial charge in [0, 0.05) is 19.0 Å². The van der Waals surface area contributed by atoms with Gasteiger partial charge in [0.15, 0.2) is 0 Å². The van der Waals surface area contributed by atoms with Crippen LogP contribution in [0.15, 0.2) is 15.8 Å². The standard InChI is InChI=1S/C41H67F3N2O6/c1-3-5-6-7-8-9-10-11-12-13-14-15-16-17-18-19-20-21-22-23-24-25-26-27-28-29-38(47)51-33-36-35(50-30-4-2)31-37(52-36)46-32-34(41(42,43)44)39(48)45-40(46)49/h2,32,35-37H,3,5-31,33H2,1H3,(H,45,48,49)/t35-,36+,37+/m0/s1. The Bertz CT molecular complexity index is 1240. The first-order valence-corrected chi connectivity index (χ1v) is 20.5. The fraction of sp³-hybridized carbons (Fsp3) is 0.829. The van der Waals surface area contributed by atoms with Crippen molar-refractivity contribution < 1.29 is 32.2 Å². The van der Waals surface area contributed by atoms with Crippen LogP contribution in [-0.4, -0.2) is 40.9 Å². The summed E-state index contributed by atoms with van der Waals surface area (Å²) in [4.78, 5) is 38.0. The summed E-state index contributed by atoms with van der Waals surface area (Å²) in [6.07, 6.45) is 31.0. The van der Waals surface area contributed by atoms with Crippen LogP contribution >= 0.6 is 0 Å². The number of carbonyl (C=O) groups is 1. The summed E-state index contributed by atoms with van der Waals surface area (Å²) in [5, 5.41) is 0. The highest BCUT2D eigenvalue weighted by Gasteiger charge is 2.40. The van der Waals surface area contributed by atoms with Crippen molar-refractivity contribution in [2.45, 2.75) is 205 Å². The lowest BCUT2D eigenvalue weighted by Gasteiger charge is -2.18. The van der Waals surface area contributed by atoms with Gasteiger partial charge < -0.3 is 14.2 Å². The number of aromatic nitrogens is 2. The highest BCUT2D eigenvalue weighted by Crippen LogP contribution is 2.32. The van der Waals surface area contributed by atoms with Crippen LogP contribution < -0.4 is 11.2 Å². The Hall–Kier alpha value is -2.58. The normalized spacial score (nSPS) is 17.4. The van der Waals surface area contributed by atoms with Gasteiger partial charge in [-0.2, -0.15) is 13.2 Å². The summed E-state index contributed by atoms with van der Waals surface area (Å²) in [5.74, 6) is 1.91. The number of hydrogen-bond acceptors (Lipinski definition) is 6. The van der Waals surface area contributed by atoms with Crippen LogP contribution in [0.1, 0.15) is 192 Å². The van der Waals surface area contributed by atoms with Crippen molar-refractivity contribution in [2.24, 2.45) is 0 Å². The maximum atomic E-state index is 13.3. The van der Waals surface area contributed by atoms with Gasteiger partial charge in [0.25, 0.3) is 5.56 Å². The molecule has 2 rings (SSSR count). The molecule has 3 atom stereocenters. The molecule has 1 fully saturated rings. The van der Waals surface area contributed by atoms with E-state index in [1.807, 2.05) is 0 Å². The highest BCUT2D eigenvalue weighted by molar-refractivity contribution is 5.69. The van der Waals surface area contributed by atoms with E-state index >= 15 is 0 Å². The number of halogens is 3. The zero-order valence-electron chi connectivity index (χ0n) is 31.9. The third kappa shape index (κ3) is 20.0. The molecule has 52 heavy (non-hydrogen) atoms. The number of carbonyl (C=O) groups excluding carboxylic acids is 1. The van der Waals surface area contributed by atoms with Crippen molar-refractivity contribution in [3.8, 4) is 12.3 Å². The van der Waals surface area contributed by atoms with E-state index in [1.54, 1.807) is 4.98 Å². The predicted octanol–water partition coefficient (Wildman–Crippen LogP) is 10.6. The van der Waals surface area contributed by atoms with Crippen molar-refractivity contribution in [3.63, 3.8) is 0 Å². The molecule has 0 unspecified atom stereocenters. The van der Waals surface area contributed by atoms with E-state index in [2.05, 4.69) is 12.8 Å². The second-order valence-corrected chi connectivity index (χ2v) is 14.5. The Kier molecular flexibility index (Phi) is 24.5. The first-order chi connectivity index (χ1) is 25.2. The van der Waals surface area contributed by atoms with Crippen LogP contribution in [0, 0.1) is 12.3 Å². The largest absolute Gasteiger partial charge is 0.463 e. The van der Waals surface area contributed by atoms with E-state index in [-0.39, 0.29) is 26.1 Å². The molecule has 0 aromatic carbocycles. The van der Waals surface area contributed by atoms with Gasteiger partial charge in [0.1, 0.15) is 31.1 Å². The summed E-state index contributed by atoms with van der Waals surface area (Å²) in [5.41, 5.74) is -4.11. The van der Waals surface area contributed by atoms with Crippen molar-refractivity contribution in [1.29, 1.82) is 0 Å². The number of H-pyrrole nitrogens is 1. The fourth-order valence-electron chi connectivity index (χ4n) is 6.91. The van der Waals surface area contributed by atoms with Gasteiger partial charge in [0.2, 0.25) is 0 Å². The lowest BCUT2D eigenvalue weighted by molar-refractivity contribution is -0.151. The molecule has 0 radical (unpaired) electrons. The monoisotopic (exact) mass is 740 g/mol. The number of ether oxygens (including phenoxy) is 3. The van der Waals surface area contributed by atoms with Crippen LogP contribution in [0.3, 0.4) is 0 Å². The number of unbranched alkanes of at least 4 members (excludes halogenated alkanes) is 24. The molecule has 2 heterocycles. The lowest BCUT2D eigenvalue weighted by Crippen LogP contribution is -2.36. The zero-order chi connectivity index (χ0) is 37.9. The van der Waals surface area contributed by atoms with Crippen LogP contribution in [0.5, 0.6) is 0 Å². The van der Waals surface area contributed by atoms with Crippen molar-refractivity contribution in [1.82, 2.24) is 9.55 Å². The summed E-state index contributed by atoms with van der Waals surface area (Å²) >= 11 is 0. The molecule has 0 amide bonds. The zero-order valence-corrected chi connectivity index (χ0v) is 31.9. The van der Waals surface area contributed by atoms with Crippen LogP contribution in [0.2, 0.25) is 0 Å². The summed E-state index contributed by atoms with van der Waals surface area (Å²) in [7, 11) is 0. The van der Waals surface area contributed by atoms with E-state index in [0.29, 0.717) is 17.2 Å². The number of hydrogen-bond donors (Lipinski definition) is 1. The maximum Gasteiger partial charge on any atom is 0.423 e. The Morgan fingerprint density at radius 3 is 1.67 bits per heavy atom. The molecule has 11 heteroatoms. The Morgan fingerprint density at radius 1 is 0.808 bits per heavy atom. The van der Waals surface area contributed by atoms with Gasteiger partial charge >= 0.3 is 17.8 Å². The maximum absolute atomic E-state index is 13.3. The van der Waals surface area contributed by atoms with Crippen LogP contribution in [0.25, 0.3) is 0 Å². The average molecular weight is 741 g/mol. The number of esters is 1. The Balaban J connectivity index is 1.44. The molecule has 1 aliphatic heterocycles. The number of terminal acetylenes is 1. The van der Waals surface area contributed by atoms with Gasteiger partial charge in [-0.1, -0.05) is 167 Å². The first kappa shape index (κ1) is 45.6. The second kappa shape index (κ2) is 27.9. The molecular formula is C41H67F3N2O6. The third-order valence-corrected chi connectivity index (χ3v) is 10.0. The van der Waals surface area contributed by atoms with E-state index in [0.717, 1.165) is 19.3 Å². The summed E-state index contributed by atoms with van der Waals surface area (Å²) < 4.78 is 57.1. The molecule has 0 spiro atoms. The summed E-state index contributed by atoms with van der Waals surface area (Å²) in [6.45, 7) is 1.98. The summed E-state index contributed by atoms with van der Waals surface area (Å²) in [6, 6.07) is 0. The van der Waals surface area contributed by atoms with Gasteiger partial charge in [-0.15, -0.1) is 6.42 Å². The van der Waals surface area contributed by atoms with Crippen molar-refractivity contribution in [3.05, 3.63) is 32.6 Å². The Labute approximate surface area is 310 Å². The molecule has 298 valence electrons. The Morgan fingerprint density at radius 2 is 1.25 bits per heavy atom. The van der Waals surface area contributed by atoms with Crippen molar-refractivity contribution in [2.75, 3.05) is 13.2 Å². The topological polar surface area (TPSA) is 99.6 Å². The molecule has 1 saturated heterocycles. The number of alkyl halides is 3. The molecule has 1 aromatic rings. The van der Waals surface area contributed by atoms with Gasteiger partial charge in [0.05, 0.1) is 6.10 Å². The third-order valence-electron chi connectivity index (χ3n) is 10.0. The van der Waals surface area contributed by atoms with Gasteiger partial charge in [-0.05, 0) is 6.42 Å². The molecular weight excluding hydrogens is 673 g/mol. The SMILES string of the molecule is C#CCO[C@H]1C[C@H](n2cc(C(F)(F)F)c(=O)[nH]c2=O)O[C@@H]1COC(=O)CCCCCCCCCCCCCCCCCCCCCCCCCCC. The molecule has 8 nitrogen and oxygen atoms in total. The number of rotatable bonds is 31. The molecule has 1 N–H and O–H groups in total. The number of nitrogens with zero attached hydrogens (tertiary/aromatic N) is 1. The molecule has 1 aromatic heterocycles. The van der Waals surface area contributed by atoms with E-state index < -0.39 is 47.4 Å². The molecule has 1 aliphatic rings. The highest BCUT2D eigenvalue weighted by atomic mass is 19.4. The van der Waals surface area contributed by atoms with Crippen LogP contribution in [0.4, 0.5) is 13.2 Å². The van der Waals surface area contributed by atoms with Crippen LogP contribution in [-0.2, 0) is 25.2 Å². The quantitative estimate of drug-likeness (QED) is 0.0462. The second-order valence-electron chi connectivity index (χ2n) is 14.5. The molecule has 0 aliphatic carbocycles. The molecule has 0 saturated carbocycles. The minimum absolute atomic E-state index is 0.0211. The minimum Gasteiger partial charge on any atom is -0.463 e. The van der Waals surface area contributed by atoms with Crippen molar-refractivity contribution >= 4 is 5.97 Å². The fourth-order valence-corrected chi connectivity index (χ4v) is 6.91. The van der Waals surface area contributed by atoms with Gasteiger partial charge in [-0.25, -0.2) is 4.79 Å². The average Bonchev–Trinajstić information content (AvgIpc) is 3.51. The van der Waals surface area contributed by atoms with Gasteiger partial charge in [-0.3, -0.25) is 19.1 Å².